The molecule has 168 valence electrons. The molecule has 1 aliphatic rings. The number of morpholine rings is 1. The molecule has 0 saturated carbocycles. The number of rotatable bonds is 7. The molecular formula is C22H23N3O4S3. The minimum atomic E-state index is -3.60. The number of nitrogens with one attached hydrogen (secondary N) is 1. The third-order valence-electron chi connectivity index (χ3n) is 4.87. The first-order valence-corrected chi connectivity index (χ1v) is 13.4. The van der Waals surface area contributed by atoms with Gasteiger partial charge in [-0.15, -0.1) is 0 Å². The fraction of sp³-hybridized carbons (Fsp3) is 0.273. The third-order valence-corrected chi connectivity index (χ3v) is 8.78. The van der Waals surface area contributed by atoms with Gasteiger partial charge in [0.2, 0.25) is 10.0 Å². The number of hydrogen-bond acceptors (Lipinski definition) is 7. The van der Waals surface area contributed by atoms with Crippen LogP contribution >= 0.6 is 23.1 Å². The number of thiazole rings is 1. The Balaban J connectivity index is 1.54. The van der Waals surface area contributed by atoms with Crippen LogP contribution in [0.1, 0.15) is 17.3 Å². The van der Waals surface area contributed by atoms with Gasteiger partial charge in [-0.2, -0.15) is 4.31 Å². The number of anilines is 1. The van der Waals surface area contributed by atoms with Crippen LogP contribution < -0.4 is 5.32 Å². The molecule has 0 bridgehead atoms. The van der Waals surface area contributed by atoms with Gasteiger partial charge in [0.25, 0.3) is 5.91 Å². The zero-order valence-corrected chi connectivity index (χ0v) is 19.9. The number of amides is 1. The number of nitrogens with zero attached hydrogens (tertiary/aromatic N) is 2. The highest BCUT2D eigenvalue weighted by Gasteiger charge is 2.26. The summed E-state index contributed by atoms with van der Waals surface area (Å²) in [4.78, 5) is 17.8. The number of carbonyl (C=O) groups excluding carboxylic acids is 1. The lowest BCUT2D eigenvalue weighted by Gasteiger charge is -2.26. The predicted molar refractivity (Wildman–Crippen MR) is 128 cm³/mol. The Morgan fingerprint density at radius 2 is 1.81 bits per heavy atom. The summed E-state index contributed by atoms with van der Waals surface area (Å²) in [5, 5.41) is 3.62. The number of thioether (sulfide) groups is 1. The van der Waals surface area contributed by atoms with Gasteiger partial charge in [-0.05, 0) is 30.0 Å². The molecule has 0 atom stereocenters. The van der Waals surface area contributed by atoms with Crippen molar-refractivity contribution in [3.8, 4) is 11.3 Å². The summed E-state index contributed by atoms with van der Waals surface area (Å²) in [5.74, 6) is 0.572. The molecule has 0 unspecified atom stereocenters. The maximum atomic E-state index is 12.9. The van der Waals surface area contributed by atoms with E-state index in [2.05, 4.69) is 17.2 Å². The van der Waals surface area contributed by atoms with Gasteiger partial charge in [0.1, 0.15) is 10.7 Å². The van der Waals surface area contributed by atoms with E-state index in [4.69, 9.17) is 4.74 Å². The summed E-state index contributed by atoms with van der Waals surface area (Å²) in [6.45, 7) is 3.49. The quantitative estimate of drug-likeness (QED) is 0.501. The molecule has 32 heavy (non-hydrogen) atoms. The molecular weight excluding hydrogens is 466 g/mol. The normalized spacial score (nSPS) is 14.9. The Labute approximate surface area is 195 Å². The molecule has 1 N–H and O–H groups in total. The van der Waals surface area contributed by atoms with E-state index in [1.807, 2.05) is 30.3 Å². The molecule has 3 aromatic rings. The number of hydrogen-bond donors (Lipinski definition) is 1. The summed E-state index contributed by atoms with van der Waals surface area (Å²) < 4.78 is 33.1. The van der Waals surface area contributed by atoms with E-state index < -0.39 is 10.0 Å². The topological polar surface area (TPSA) is 88.6 Å². The second-order valence-electron chi connectivity index (χ2n) is 6.95. The molecule has 0 spiro atoms. The van der Waals surface area contributed by atoms with E-state index in [0.717, 1.165) is 21.3 Å². The van der Waals surface area contributed by atoms with Crippen LogP contribution in [0.15, 0.2) is 63.8 Å². The zero-order chi connectivity index (χ0) is 22.6. The standard InChI is InChI=1S/C22H23N3O4S3/c1-2-30-22-23-19(16-6-4-3-5-7-16)21(31-22)24-20(26)17-8-10-18(11-9-17)32(27,28)25-12-14-29-15-13-25/h3-11H,2,12-15H2,1H3,(H,24,26). The summed E-state index contributed by atoms with van der Waals surface area (Å²) in [6, 6.07) is 15.7. The van der Waals surface area contributed by atoms with Crippen molar-refractivity contribution >= 4 is 44.0 Å². The van der Waals surface area contributed by atoms with E-state index in [1.54, 1.807) is 11.8 Å². The molecule has 4 rings (SSSR count). The summed E-state index contributed by atoms with van der Waals surface area (Å²) in [5.41, 5.74) is 2.03. The van der Waals surface area contributed by atoms with Crippen LogP contribution in [-0.2, 0) is 14.8 Å². The van der Waals surface area contributed by atoms with Crippen molar-refractivity contribution in [3.63, 3.8) is 0 Å². The third kappa shape index (κ3) is 5.05. The second-order valence-corrected chi connectivity index (χ2v) is 11.4. The highest BCUT2D eigenvalue weighted by atomic mass is 32.2. The number of benzene rings is 2. The lowest BCUT2D eigenvalue weighted by Crippen LogP contribution is -2.40. The number of carbonyl (C=O) groups is 1. The van der Waals surface area contributed by atoms with Crippen LogP contribution in [-0.4, -0.2) is 55.7 Å². The van der Waals surface area contributed by atoms with Crippen molar-refractivity contribution in [1.29, 1.82) is 0 Å². The van der Waals surface area contributed by atoms with Crippen LogP contribution in [0.4, 0.5) is 5.00 Å². The number of ether oxygens (including phenoxy) is 1. The Kier molecular flexibility index (Phi) is 7.27. The molecule has 1 aliphatic heterocycles. The Bertz CT molecular complexity index is 1170. The smallest absolute Gasteiger partial charge is 0.256 e. The predicted octanol–water partition coefficient (Wildman–Crippen LogP) is 4.20. The molecule has 10 heteroatoms. The second kappa shape index (κ2) is 10.1. The zero-order valence-electron chi connectivity index (χ0n) is 17.5. The first-order valence-electron chi connectivity index (χ1n) is 10.2. The Hall–Kier alpha value is -2.24. The lowest BCUT2D eigenvalue weighted by atomic mass is 10.1. The first kappa shape index (κ1) is 22.9. The largest absolute Gasteiger partial charge is 0.379 e. The average molecular weight is 490 g/mol. The van der Waals surface area contributed by atoms with Gasteiger partial charge in [0, 0.05) is 24.2 Å². The van der Waals surface area contributed by atoms with Crippen molar-refractivity contribution in [2.75, 3.05) is 37.4 Å². The van der Waals surface area contributed by atoms with Crippen LogP contribution in [0.5, 0.6) is 0 Å². The molecule has 2 aromatic carbocycles. The lowest BCUT2D eigenvalue weighted by molar-refractivity contribution is 0.0730. The van der Waals surface area contributed by atoms with Crippen molar-refractivity contribution < 1.29 is 17.9 Å². The van der Waals surface area contributed by atoms with Gasteiger partial charge in [-0.1, -0.05) is 60.4 Å². The molecule has 1 aromatic heterocycles. The van der Waals surface area contributed by atoms with Gasteiger partial charge in [-0.25, -0.2) is 13.4 Å². The van der Waals surface area contributed by atoms with Crippen molar-refractivity contribution in [2.24, 2.45) is 0 Å². The van der Waals surface area contributed by atoms with Crippen molar-refractivity contribution in [3.05, 3.63) is 60.2 Å². The molecule has 1 amide bonds. The van der Waals surface area contributed by atoms with Crippen LogP contribution in [0.25, 0.3) is 11.3 Å². The SMILES string of the molecule is CCSc1nc(-c2ccccc2)c(NC(=O)c2ccc(S(=O)(=O)N3CCOCC3)cc2)s1. The van der Waals surface area contributed by atoms with Crippen molar-refractivity contribution in [1.82, 2.24) is 9.29 Å². The monoisotopic (exact) mass is 489 g/mol. The van der Waals surface area contributed by atoms with E-state index in [1.165, 1.54) is 39.9 Å². The summed E-state index contributed by atoms with van der Waals surface area (Å²) >= 11 is 3.06. The Morgan fingerprint density at radius 1 is 1.12 bits per heavy atom. The van der Waals surface area contributed by atoms with Crippen LogP contribution in [0, 0.1) is 0 Å². The van der Waals surface area contributed by atoms with Crippen LogP contribution in [0.2, 0.25) is 0 Å². The van der Waals surface area contributed by atoms with E-state index in [-0.39, 0.29) is 10.8 Å². The maximum absolute atomic E-state index is 12.9. The highest BCUT2D eigenvalue weighted by Crippen LogP contribution is 2.37. The molecule has 0 radical (unpaired) electrons. The molecule has 7 nitrogen and oxygen atoms in total. The minimum Gasteiger partial charge on any atom is -0.379 e. The molecule has 1 saturated heterocycles. The van der Waals surface area contributed by atoms with Gasteiger partial charge in [-0.3, -0.25) is 4.79 Å². The minimum absolute atomic E-state index is 0.167. The van der Waals surface area contributed by atoms with E-state index >= 15 is 0 Å². The highest BCUT2D eigenvalue weighted by molar-refractivity contribution is 8.01. The Morgan fingerprint density at radius 3 is 2.47 bits per heavy atom. The fourth-order valence-electron chi connectivity index (χ4n) is 3.25. The summed E-state index contributed by atoms with van der Waals surface area (Å²) in [6.07, 6.45) is 0. The first-order chi connectivity index (χ1) is 15.5. The average Bonchev–Trinajstić information content (AvgIpc) is 3.22. The molecule has 0 aliphatic carbocycles. The molecule has 2 heterocycles. The van der Waals surface area contributed by atoms with Gasteiger partial charge in [0.15, 0.2) is 4.34 Å². The van der Waals surface area contributed by atoms with Gasteiger partial charge in [0.05, 0.1) is 18.1 Å². The van der Waals surface area contributed by atoms with E-state index in [9.17, 15) is 13.2 Å². The number of sulfonamides is 1. The van der Waals surface area contributed by atoms with Crippen LogP contribution in [0.3, 0.4) is 0 Å². The van der Waals surface area contributed by atoms with E-state index in [0.29, 0.717) is 36.9 Å². The summed E-state index contributed by atoms with van der Waals surface area (Å²) in [7, 11) is -3.60. The fourth-order valence-corrected chi connectivity index (χ4v) is 6.62. The van der Waals surface area contributed by atoms with Gasteiger partial charge >= 0.3 is 0 Å². The maximum Gasteiger partial charge on any atom is 0.256 e. The van der Waals surface area contributed by atoms with Gasteiger partial charge < -0.3 is 10.1 Å². The number of aromatic nitrogens is 1. The van der Waals surface area contributed by atoms with Crippen molar-refractivity contribution in [2.45, 2.75) is 16.2 Å². The molecule has 1 fully saturated rings.